The van der Waals surface area contributed by atoms with E-state index in [2.05, 4.69) is 4.98 Å². The number of anilines is 1. The lowest BCUT2D eigenvalue weighted by Crippen LogP contribution is -1.94. The minimum absolute atomic E-state index is 0.103. The fourth-order valence-corrected chi connectivity index (χ4v) is 2.47. The van der Waals surface area contributed by atoms with Gasteiger partial charge in [-0.3, -0.25) is 0 Å². The Hall–Kier alpha value is -1.04. The quantitative estimate of drug-likeness (QED) is 0.893. The van der Waals surface area contributed by atoms with Crippen LogP contribution in [-0.4, -0.2) is 4.98 Å². The first kappa shape index (κ1) is 13.4. The van der Waals surface area contributed by atoms with E-state index >= 15 is 0 Å². The molecule has 0 saturated heterocycles. The lowest BCUT2D eigenvalue weighted by Gasteiger charge is -2.06. The Bertz CT molecular complexity index is 608. The molecule has 1 heterocycles. The predicted octanol–water partition coefficient (Wildman–Crippen LogP) is 4.40. The molecule has 1 aromatic heterocycles. The number of rotatable bonds is 2. The van der Waals surface area contributed by atoms with Crippen molar-refractivity contribution >= 4 is 40.8 Å². The number of halogens is 4. The second-order valence-electron chi connectivity index (χ2n) is 3.32. The van der Waals surface area contributed by atoms with Gasteiger partial charge in [0.25, 0.3) is 0 Å². The van der Waals surface area contributed by atoms with Gasteiger partial charge in [0, 0.05) is 11.0 Å². The summed E-state index contributed by atoms with van der Waals surface area (Å²) in [5.74, 6) is -1.23. The number of hydrogen-bond donors (Lipinski definition) is 1. The molecule has 0 aliphatic rings. The normalized spacial score (nSPS) is 10.7. The number of pyridine rings is 1. The monoisotopic (exact) mass is 306 g/mol. The lowest BCUT2D eigenvalue weighted by atomic mass is 10.3. The van der Waals surface area contributed by atoms with E-state index in [1.165, 1.54) is 12.1 Å². The molecule has 7 heteroatoms. The summed E-state index contributed by atoms with van der Waals surface area (Å²) in [5.41, 5.74) is 5.54. The first-order chi connectivity index (χ1) is 8.47. The molecule has 0 fully saturated rings. The molecule has 18 heavy (non-hydrogen) atoms. The Morgan fingerprint density at radius 3 is 2.50 bits per heavy atom. The summed E-state index contributed by atoms with van der Waals surface area (Å²) >= 11 is 12.6. The first-order valence-corrected chi connectivity index (χ1v) is 6.29. The van der Waals surface area contributed by atoms with E-state index in [0.717, 1.165) is 23.9 Å². The van der Waals surface area contributed by atoms with Gasteiger partial charge >= 0.3 is 0 Å². The van der Waals surface area contributed by atoms with Crippen LogP contribution in [0, 0.1) is 11.6 Å². The van der Waals surface area contributed by atoms with Crippen LogP contribution in [0.1, 0.15) is 0 Å². The maximum atomic E-state index is 13.5. The van der Waals surface area contributed by atoms with Gasteiger partial charge in [0.2, 0.25) is 0 Å². The first-order valence-electron chi connectivity index (χ1n) is 4.72. The van der Waals surface area contributed by atoms with Gasteiger partial charge in [-0.25, -0.2) is 13.8 Å². The largest absolute Gasteiger partial charge is 0.382 e. The zero-order valence-electron chi connectivity index (χ0n) is 8.75. The SMILES string of the molecule is Nc1nc(Sc2ccc(F)cc2F)c(Cl)cc1Cl. The van der Waals surface area contributed by atoms with Gasteiger partial charge < -0.3 is 5.73 Å². The molecule has 0 unspecified atom stereocenters. The number of nitrogen functional groups attached to an aromatic ring is 1. The third-order valence-electron chi connectivity index (χ3n) is 2.03. The second kappa shape index (κ2) is 5.30. The number of hydrogen-bond acceptors (Lipinski definition) is 3. The van der Waals surface area contributed by atoms with Gasteiger partial charge in [-0.05, 0) is 18.2 Å². The molecule has 2 N–H and O–H groups in total. The maximum Gasteiger partial charge on any atom is 0.143 e. The molecule has 94 valence electrons. The van der Waals surface area contributed by atoms with Crippen LogP contribution in [0.25, 0.3) is 0 Å². The van der Waals surface area contributed by atoms with Gasteiger partial charge in [0.05, 0.1) is 10.0 Å². The summed E-state index contributed by atoms with van der Waals surface area (Å²) in [5, 5.41) is 0.788. The highest BCUT2D eigenvalue weighted by molar-refractivity contribution is 7.99. The third kappa shape index (κ3) is 2.85. The van der Waals surface area contributed by atoms with Crippen molar-refractivity contribution in [2.75, 3.05) is 5.73 Å². The molecule has 0 atom stereocenters. The van der Waals surface area contributed by atoms with Crippen molar-refractivity contribution in [1.82, 2.24) is 4.98 Å². The van der Waals surface area contributed by atoms with Crippen molar-refractivity contribution in [3.8, 4) is 0 Å². The number of nitrogens with two attached hydrogens (primary N) is 1. The fourth-order valence-electron chi connectivity index (χ4n) is 1.20. The summed E-state index contributed by atoms with van der Waals surface area (Å²) < 4.78 is 26.2. The molecule has 2 rings (SSSR count). The Morgan fingerprint density at radius 2 is 1.83 bits per heavy atom. The summed E-state index contributed by atoms with van der Waals surface area (Å²) in [4.78, 5) is 4.15. The highest BCUT2D eigenvalue weighted by Crippen LogP contribution is 2.36. The van der Waals surface area contributed by atoms with Gasteiger partial charge in [-0.15, -0.1) is 0 Å². The van der Waals surface area contributed by atoms with Crippen LogP contribution in [0.4, 0.5) is 14.6 Å². The molecule has 0 amide bonds. The Balaban J connectivity index is 2.37. The van der Waals surface area contributed by atoms with Crippen LogP contribution in [0.2, 0.25) is 10.0 Å². The third-order valence-corrected chi connectivity index (χ3v) is 3.78. The van der Waals surface area contributed by atoms with Gasteiger partial charge in [0.1, 0.15) is 22.5 Å². The molecular weight excluding hydrogens is 301 g/mol. The van der Waals surface area contributed by atoms with Crippen LogP contribution in [0.3, 0.4) is 0 Å². The van der Waals surface area contributed by atoms with Crippen molar-refractivity contribution in [3.63, 3.8) is 0 Å². The number of benzene rings is 1. The van der Waals surface area contributed by atoms with Gasteiger partial charge in [-0.1, -0.05) is 35.0 Å². The molecule has 0 spiro atoms. The minimum Gasteiger partial charge on any atom is -0.382 e. The van der Waals surface area contributed by atoms with E-state index in [0.29, 0.717) is 5.03 Å². The van der Waals surface area contributed by atoms with E-state index in [9.17, 15) is 8.78 Å². The Kier molecular flexibility index (Phi) is 3.94. The highest BCUT2D eigenvalue weighted by atomic mass is 35.5. The van der Waals surface area contributed by atoms with Gasteiger partial charge in [-0.2, -0.15) is 0 Å². The average molecular weight is 307 g/mol. The van der Waals surface area contributed by atoms with Crippen LogP contribution >= 0.6 is 35.0 Å². The molecule has 0 radical (unpaired) electrons. The van der Waals surface area contributed by atoms with E-state index in [1.807, 2.05) is 0 Å². The van der Waals surface area contributed by atoms with E-state index in [-0.39, 0.29) is 20.8 Å². The molecular formula is C11H6Cl2F2N2S. The maximum absolute atomic E-state index is 13.5. The summed E-state index contributed by atoms with van der Waals surface area (Å²) in [6.07, 6.45) is 0. The smallest absolute Gasteiger partial charge is 0.143 e. The van der Waals surface area contributed by atoms with Crippen LogP contribution in [-0.2, 0) is 0 Å². The highest BCUT2D eigenvalue weighted by Gasteiger charge is 2.12. The van der Waals surface area contributed by atoms with Crippen LogP contribution < -0.4 is 5.73 Å². The standard InChI is InChI=1S/C11H6Cl2F2N2S/c12-6-4-7(13)11(17-10(6)16)18-9-2-1-5(14)3-8(9)15/h1-4H,(H2,16,17). The van der Waals surface area contributed by atoms with Crippen LogP contribution in [0.15, 0.2) is 34.2 Å². The molecule has 1 aromatic carbocycles. The van der Waals surface area contributed by atoms with Gasteiger partial charge in [0.15, 0.2) is 0 Å². The van der Waals surface area contributed by atoms with Crippen LogP contribution in [0.5, 0.6) is 0 Å². The average Bonchev–Trinajstić information content (AvgIpc) is 2.29. The van der Waals surface area contributed by atoms with Crippen molar-refractivity contribution < 1.29 is 8.78 Å². The Labute approximate surface area is 116 Å². The molecule has 2 nitrogen and oxygen atoms in total. The topological polar surface area (TPSA) is 38.9 Å². The second-order valence-corrected chi connectivity index (χ2v) is 5.16. The van der Waals surface area contributed by atoms with E-state index in [4.69, 9.17) is 28.9 Å². The Morgan fingerprint density at radius 1 is 1.11 bits per heavy atom. The zero-order chi connectivity index (χ0) is 13.3. The summed E-state index contributed by atoms with van der Waals surface area (Å²) in [6, 6.07) is 4.67. The number of nitrogens with zero attached hydrogens (tertiary/aromatic N) is 1. The fraction of sp³-hybridized carbons (Fsp3) is 0. The van der Waals surface area contributed by atoms with E-state index < -0.39 is 11.6 Å². The molecule has 2 aromatic rings. The van der Waals surface area contributed by atoms with Crippen molar-refractivity contribution in [2.24, 2.45) is 0 Å². The molecule has 0 aliphatic heterocycles. The molecule has 0 bridgehead atoms. The molecule has 0 aliphatic carbocycles. The summed E-state index contributed by atoms with van der Waals surface area (Å²) in [7, 11) is 0. The lowest BCUT2D eigenvalue weighted by molar-refractivity contribution is 0.565. The minimum atomic E-state index is -0.689. The predicted molar refractivity (Wildman–Crippen MR) is 69.2 cm³/mol. The van der Waals surface area contributed by atoms with Crippen molar-refractivity contribution in [2.45, 2.75) is 9.92 Å². The molecule has 0 saturated carbocycles. The zero-order valence-corrected chi connectivity index (χ0v) is 11.1. The van der Waals surface area contributed by atoms with Crippen molar-refractivity contribution in [1.29, 1.82) is 0 Å². The van der Waals surface area contributed by atoms with Crippen molar-refractivity contribution in [3.05, 3.63) is 45.9 Å². The number of aromatic nitrogens is 1. The van der Waals surface area contributed by atoms with E-state index in [1.54, 1.807) is 0 Å². The summed E-state index contributed by atoms with van der Waals surface area (Å²) in [6.45, 7) is 0.